The standard InChI is InChI=1S/C15H15N3O3.Mo.2O/c1-21-13-7-4-11(14(19)8-13)9-17-18-15(20)10-2-5-12(16)6-3-10;;;/h2-9,19H,16H2,1H3,(H,18,20);;;/q;;2*-2/p-2/b17-9+;;;. The van der Waals surface area contributed by atoms with Crippen molar-refractivity contribution in [1.82, 2.24) is 0 Å². The van der Waals surface area contributed by atoms with Gasteiger partial charge in [0.15, 0.2) is 0 Å². The molecule has 0 saturated heterocycles. The summed E-state index contributed by atoms with van der Waals surface area (Å²) in [6.45, 7) is 0. The van der Waals surface area contributed by atoms with E-state index in [0.29, 0.717) is 22.6 Å². The van der Waals surface area contributed by atoms with E-state index < -0.39 is 5.90 Å². The maximum absolute atomic E-state index is 11.7. The Labute approximate surface area is 153 Å². The zero-order chi connectivity index (χ0) is 15.2. The van der Waals surface area contributed by atoms with E-state index in [1.807, 2.05) is 0 Å². The van der Waals surface area contributed by atoms with Crippen LogP contribution in [-0.2, 0) is 32.0 Å². The molecule has 2 N–H and O–H groups in total. The number of ether oxygens (including phenoxy) is 1. The van der Waals surface area contributed by atoms with E-state index in [0.717, 1.165) is 0 Å². The van der Waals surface area contributed by atoms with Crippen molar-refractivity contribution in [2.24, 2.45) is 10.2 Å². The fourth-order valence-electron chi connectivity index (χ4n) is 1.58. The molecule has 2 aromatic rings. The molecule has 24 heavy (non-hydrogen) atoms. The monoisotopic (exact) mass is 413 g/mol. The van der Waals surface area contributed by atoms with Gasteiger partial charge >= 0.3 is 0 Å². The number of benzene rings is 2. The Bertz CT molecular complexity index is 690. The van der Waals surface area contributed by atoms with E-state index in [-0.39, 0.29) is 37.8 Å². The first-order chi connectivity index (χ1) is 10.1. The molecule has 0 atom stereocenters. The first-order valence-electron chi connectivity index (χ1n) is 6.09. The third-order valence-corrected chi connectivity index (χ3v) is 2.72. The molecular formula is C15H13MoN3O5-6. The Kier molecular flexibility index (Phi) is 11.1. The van der Waals surface area contributed by atoms with Crippen molar-refractivity contribution in [3.8, 4) is 11.5 Å². The smallest absolute Gasteiger partial charge is 0.118 e. The van der Waals surface area contributed by atoms with Crippen LogP contribution >= 0.6 is 0 Å². The Balaban J connectivity index is 0. The molecule has 0 bridgehead atoms. The van der Waals surface area contributed by atoms with Gasteiger partial charge in [0, 0.05) is 32.7 Å². The van der Waals surface area contributed by atoms with Crippen LogP contribution in [-0.4, -0.2) is 19.2 Å². The summed E-state index contributed by atoms with van der Waals surface area (Å²) in [5.74, 6) is -0.299. The van der Waals surface area contributed by atoms with Gasteiger partial charge in [0.2, 0.25) is 0 Å². The molecule has 0 aliphatic carbocycles. The van der Waals surface area contributed by atoms with Crippen LogP contribution in [0.2, 0.25) is 0 Å². The average Bonchev–Trinajstić information content (AvgIpc) is 2.49. The minimum atomic E-state index is -0.507. The average molecular weight is 411 g/mol. The van der Waals surface area contributed by atoms with Gasteiger partial charge in [0.05, 0.1) is 13.3 Å². The molecule has 0 aliphatic rings. The van der Waals surface area contributed by atoms with E-state index >= 15 is 0 Å². The number of methoxy groups -OCH3 is 1. The summed E-state index contributed by atoms with van der Waals surface area (Å²) in [6, 6.07) is 10.8. The van der Waals surface area contributed by atoms with Gasteiger partial charge in [-0.25, -0.2) is 0 Å². The normalized spacial score (nSPS) is 10.3. The number of rotatable bonds is 4. The SMILES string of the molecule is COc1ccc(/C=N/N=C(\[O-])c2ccc(N)cc2)c([O-])c1.[Mo].[O-2].[O-2]. The molecule has 8 nitrogen and oxygen atoms in total. The maximum Gasteiger partial charge on any atom is 0.118 e. The molecule has 2 aromatic carbocycles. The Hall–Kier alpha value is -2.41. The first-order valence-corrected chi connectivity index (χ1v) is 6.09. The summed E-state index contributed by atoms with van der Waals surface area (Å²) in [4.78, 5) is 0. The van der Waals surface area contributed by atoms with Crippen LogP contribution in [0.5, 0.6) is 11.5 Å². The summed E-state index contributed by atoms with van der Waals surface area (Å²) in [7, 11) is 1.48. The molecule has 0 saturated carbocycles. The zero-order valence-corrected chi connectivity index (χ0v) is 14.5. The summed E-state index contributed by atoms with van der Waals surface area (Å²) >= 11 is 0. The summed E-state index contributed by atoms with van der Waals surface area (Å²) in [5, 5.41) is 30.5. The van der Waals surface area contributed by atoms with Crippen LogP contribution in [0.4, 0.5) is 5.69 Å². The molecule has 2 rings (SSSR count). The zero-order valence-electron chi connectivity index (χ0n) is 12.5. The van der Waals surface area contributed by atoms with Crippen LogP contribution in [0.15, 0.2) is 52.7 Å². The molecule has 9 heteroatoms. The molecule has 0 unspecified atom stereocenters. The van der Waals surface area contributed by atoms with Crippen molar-refractivity contribution >= 4 is 17.8 Å². The van der Waals surface area contributed by atoms with Crippen molar-refractivity contribution in [2.45, 2.75) is 0 Å². The largest absolute Gasteiger partial charge is 2.00 e. The van der Waals surface area contributed by atoms with E-state index in [2.05, 4.69) is 10.2 Å². The van der Waals surface area contributed by atoms with Crippen molar-refractivity contribution in [2.75, 3.05) is 12.8 Å². The Morgan fingerprint density at radius 2 is 1.75 bits per heavy atom. The molecule has 0 amide bonds. The van der Waals surface area contributed by atoms with Crippen LogP contribution in [0, 0.1) is 0 Å². The number of hydrogen-bond acceptors (Lipinski definition) is 6. The van der Waals surface area contributed by atoms with Gasteiger partial charge < -0.3 is 31.6 Å². The molecular weight excluding hydrogens is 398 g/mol. The van der Waals surface area contributed by atoms with E-state index in [4.69, 9.17) is 10.5 Å². The van der Waals surface area contributed by atoms with Crippen LogP contribution in [0.25, 0.3) is 0 Å². The molecule has 130 valence electrons. The molecule has 0 heterocycles. The van der Waals surface area contributed by atoms with Crippen molar-refractivity contribution in [3.05, 3.63) is 53.6 Å². The molecule has 0 spiro atoms. The Morgan fingerprint density at radius 3 is 2.29 bits per heavy atom. The van der Waals surface area contributed by atoms with Gasteiger partial charge in [-0.2, -0.15) is 10.2 Å². The fraction of sp³-hybridized carbons (Fsp3) is 0.0667. The predicted octanol–water partition coefficient (Wildman–Crippen LogP) is 0.252. The van der Waals surface area contributed by atoms with E-state index in [1.165, 1.54) is 19.4 Å². The molecule has 0 radical (unpaired) electrons. The predicted molar refractivity (Wildman–Crippen MR) is 78.8 cm³/mol. The van der Waals surface area contributed by atoms with Crippen LogP contribution in [0.1, 0.15) is 11.1 Å². The van der Waals surface area contributed by atoms with Gasteiger partial charge in [-0.1, -0.05) is 23.9 Å². The third kappa shape index (κ3) is 6.37. The number of anilines is 1. The minimum Gasteiger partial charge on any atom is -2.00 e. The summed E-state index contributed by atoms with van der Waals surface area (Å²) < 4.78 is 4.93. The van der Waals surface area contributed by atoms with Gasteiger partial charge in [0.25, 0.3) is 0 Å². The Morgan fingerprint density at radius 1 is 1.12 bits per heavy atom. The maximum atomic E-state index is 11.7. The van der Waals surface area contributed by atoms with Gasteiger partial charge in [0.1, 0.15) is 5.75 Å². The van der Waals surface area contributed by atoms with Crippen LogP contribution in [0.3, 0.4) is 0 Å². The van der Waals surface area contributed by atoms with Crippen LogP contribution < -0.4 is 20.7 Å². The van der Waals surface area contributed by atoms with Gasteiger partial charge in [-0.3, -0.25) is 0 Å². The van der Waals surface area contributed by atoms with Gasteiger partial charge in [-0.05, 0) is 35.4 Å². The second-order valence-electron chi connectivity index (χ2n) is 4.18. The number of hydrogen-bond donors (Lipinski definition) is 1. The second-order valence-corrected chi connectivity index (χ2v) is 4.18. The molecule has 0 aliphatic heterocycles. The fourth-order valence-corrected chi connectivity index (χ4v) is 1.58. The second kappa shape index (κ2) is 11.2. The molecule has 0 fully saturated rings. The van der Waals surface area contributed by atoms with Crippen molar-refractivity contribution < 1.29 is 47.0 Å². The summed E-state index contributed by atoms with van der Waals surface area (Å²) in [6.07, 6.45) is 1.23. The first kappa shape index (κ1) is 23.8. The number of nitrogens with zero attached hydrogens (tertiary/aromatic N) is 2. The quantitative estimate of drug-likeness (QED) is 0.251. The minimum absolute atomic E-state index is 0. The summed E-state index contributed by atoms with van der Waals surface area (Å²) in [5.41, 5.74) is 6.78. The van der Waals surface area contributed by atoms with Gasteiger partial charge in [-0.15, -0.1) is 0 Å². The van der Waals surface area contributed by atoms with Crippen molar-refractivity contribution in [1.29, 1.82) is 0 Å². The topological polar surface area (TPSA) is 163 Å². The van der Waals surface area contributed by atoms with Crippen molar-refractivity contribution in [3.63, 3.8) is 0 Å². The van der Waals surface area contributed by atoms with E-state index in [1.54, 1.807) is 36.4 Å². The number of nitrogens with two attached hydrogens (primary N) is 1. The third-order valence-electron chi connectivity index (χ3n) is 2.72. The molecule has 0 aromatic heterocycles. The number of nitrogen functional groups attached to an aromatic ring is 1. The van der Waals surface area contributed by atoms with E-state index in [9.17, 15) is 10.2 Å².